The zero-order chi connectivity index (χ0) is 20.5. The summed E-state index contributed by atoms with van der Waals surface area (Å²) in [7, 11) is 0. The summed E-state index contributed by atoms with van der Waals surface area (Å²) >= 11 is 5.26. The van der Waals surface area contributed by atoms with Gasteiger partial charge in [0.05, 0.1) is 37.2 Å². The highest BCUT2D eigenvalue weighted by atomic mass is 127. The zero-order valence-corrected chi connectivity index (χ0v) is 20.7. The molecule has 1 aliphatic heterocycles. The van der Waals surface area contributed by atoms with Gasteiger partial charge in [-0.25, -0.2) is 9.59 Å². The van der Waals surface area contributed by atoms with Crippen molar-refractivity contribution in [3.05, 3.63) is 21.8 Å². The van der Waals surface area contributed by atoms with Crippen LogP contribution in [0, 0.1) is 22.5 Å². The molecule has 1 aliphatic rings. The van der Waals surface area contributed by atoms with E-state index in [9.17, 15) is 24.6 Å². The molecule has 1 heterocycles. The van der Waals surface area contributed by atoms with Gasteiger partial charge in [-0.3, -0.25) is 4.79 Å². The number of hydrogen-bond acceptors (Lipinski definition) is 5. The molecule has 0 saturated carbocycles. The van der Waals surface area contributed by atoms with Gasteiger partial charge in [-0.05, 0) is 73.7 Å². The fraction of sp³-hybridized carbons (Fsp3) is 0.438. The number of hydrogen-bond donors (Lipinski definition) is 3. The molecule has 0 aliphatic carbocycles. The van der Waals surface area contributed by atoms with Gasteiger partial charge >= 0.3 is 11.9 Å². The van der Waals surface area contributed by atoms with E-state index < -0.39 is 24.1 Å². The quantitative estimate of drug-likeness (QED) is 0.400. The average molecular weight is 715 g/mol. The molecule has 1 fully saturated rings. The van der Waals surface area contributed by atoms with E-state index in [2.05, 4.69) is 5.32 Å². The van der Waals surface area contributed by atoms with Crippen LogP contribution in [0.4, 0.5) is 5.69 Å². The Hall–Kier alpha value is -0.260. The number of carboxylic acid groups (broad SMARTS) is 2. The molecule has 0 bridgehead atoms. The number of rotatable bonds is 5. The van der Waals surface area contributed by atoms with Crippen LogP contribution in [-0.2, 0) is 14.3 Å². The highest BCUT2D eigenvalue weighted by molar-refractivity contribution is 14.1. The summed E-state index contributed by atoms with van der Waals surface area (Å²) in [5.41, 5.74) is -0.223. The van der Waals surface area contributed by atoms with Crippen LogP contribution in [0.1, 0.15) is 34.6 Å². The summed E-state index contributed by atoms with van der Waals surface area (Å²) in [5, 5.41) is 21.5. The Labute approximate surface area is 196 Å². The molecule has 0 atom stereocenters. The number of ether oxygens (including phenoxy) is 2. The third-order valence-corrected chi connectivity index (χ3v) is 7.31. The van der Waals surface area contributed by atoms with Crippen molar-refractivity contribution in [2.75, 3.05) is 18.5 Å². The van der Waals surface area contributed by atoms with Gasteiger partial charge in [-0.15, -0.1) is 0 Å². The molecule has 1 aromatic rings. The minimum Gasteiger partial charge on any atom is -0.478 e. The van der Waals surface area contributed by atoms with Crippen LogP contribution in [-0.4, -0.2) is 47.6 Å². The summed E-state index contributed by atoms with van der Waals surface area (Å²) in [6, 6.07) is 0. The highest BCUT2D eigenvalue weighted by Crippen LogP contribution is 2.36. The summed E-state index contributed by atoms with van der Waals surface area (Å²) in [6.07, 6.45) is -1.13. The third kappa shape index (κ3) is 5.02. The van der Waals surface area contributed by atoms with E-state index in [4.69, 9.17) is 9.47 Å². The van der Waals surface area contributed by atoms with Crippen LogP contribution in [0.15, 0.2) is 0 Å². The fourth-order valence-corrected chi connectivity index (χ4v) is 6.74. The van der Waals surface area contributed by atoms with Crippen LogP contribution in [0.2, 0.25) is 0 Å². The van der Waals surface area contributed by atoms with E-state index in [1.54, 1.807) is 67.8 Å². The molecule has 3 N–H and O–H groups in total. The van der Waals surface area contributed by atoms with Gasteiger partial charge in [0.15, 0.2) is 0 Å². The topological polar surface area (TPSA) is 122 Å². The Kier molecular flexibility index (Phi) is 8.09. The number of benzene rings is 1. The summed E-state index contributed by atoms with van der Waals surface area (Å²) < 4.78 is 11.5. The van der Waals surface area contributed by atoms with Crippen molar-refractivity contribution in [2.45, 2.75) is 20.1 Å². The highest BCUT2D eigenvalue weighted by Gasteiger charge is 2.32. The number of nitrogens with one attached hydrogen (secondary N) is 1. The molecule has 1 amide bonds. The molecular weight excluding hydrogens is 699 g/mol. The maximum atomic E-state index is 12.5. The van der Waals surface area contributed by atoms with Crippen molar-refractivity contribution in [1.29, 1.82) is 0 Å². The maximum absolute atomic E-state index is 12.5. The molecule has 1 saturated heterocycles. The van der Waals surface area contributed by atoms with Gasteiger partial charge in [0.1, 0.15) is 0 Å². The molecule has 27 heavy (non-hydrogen) atoms. The van der Waals surface area contributed by atoms with Crippen molar-refractivity contribution in [2.24, 2.45) is 11.8 Å². The molecule has 148 valence electrons. The molecule has 0 unspecified atom stereocenters. The van der Waals surface area contributed by atoms with Gasteiger partial charge in [0.2, 0.25) is 6.29 Å². The molecule has 1 aromatic carbocycles. The first kappa shape index (κ1) is 23.0. The Morgan fingerprint density at radius 1 is 0.963 bits per heavy atom. The van der Waals surface area contributed by atoms with Gasteiger partial charge in [0, 0.05) is 9.49 Å². The predicted molar refractivity (Wildman–Crippen MR) is 121 cm³/mol. The lowest BCUT2D eigenvalue weighted by Crippen LogP contribution is -2.42. The van der Waals surface area contributed by atoms with Gasteiger partial charge < -0.3 is 25.0 Å². The minimum atomic E-state index is -1.27. The van der Waals surface area contributed by atoms with Crippen LogP contribution < -0.4 is 5.32 Å². The standard InChI is InChI=1S/C16H16I3NO7/c1-5(2)6-3-26-16(27-4-6)13(21)20-12-10(18)7(14(22)23)9(17)8(11(12)19)15(24)25/h5-6,16H,3-4H2,1-2H3,(H,20,21)(H,22,23)(H,24,25). The average Bonchev–Trinajstić information content (AvgIpc) is 2.57. The molecule has 11 heteroatoms. The summed E-state index contributed by atoms with van der Waals surface area (Å²) in [4.78, 5) is 35.7. The van der Waals surface area contributed by atoms with Gasteiger partial charge in [-0.2, -0.15) is 0 Å². The van der Waals surface area contributed by atoms with E-state index in [0.717, 1.165) is 0 Å². The van der Waals surface area contributed by atoms with Crippen LogP contribution in [0.25, 0.3) is 0 Å². The lowest BCUT2D eigenvalue weighted by Gasteiger charge is -2.30. The van der Waals surface area contributed by atoms with Crippen molar-refractivity contribution in [3.63, 3.8) is 0 Å². The Morgan fingerprint density at radius 3 is 1.78 bits per heavy atom. The second-order valence-electron chi connectivity index (χ2n) is 6.17. The first-order valence-electron chi connectivity index (χ1n) is 7.77. The first-order chi connectivity index (χ1) is 12.6. The second-order valence-corrected chi connectivity index (χ2v) is 9.41. The maximum Gasteiger partial charge on any atom is 0.337 e. The zero-order valence-electron chi connectivity index (χ0n) is 14.2. The van der Waals surface area contributed by atoms with E-state index in [0.29, 0.717) is 19.1 Å². The SMILES string of the molecule is CC(C)C1COC(C(=O)Nc2c(I)c(C(=O)O)c(I)c(C(=O)O)c2I)OC1. The van der Waals surface area contributed by atoms with Crippen LogP contribution >= 0.6 is 67.8 Å². The summed E-state index contributed by atoms with van der Waals surface area (Å²) in [6.45, 7) is 4.82. The van der Waals surface area contributed by atoms with Crippen LogP contribution in [0.3, 0.4) is 0 Å². The van der Waals surface area contributed by atoms with E-state index >= 15 is 0 Å². The van der Waals surface area contributed by atoms with Gasteiger partial charge in [0.25, 0.3) is 5.91 Å². The van der Waals surface area contributed by atoms with Crippen molar-refractivity contribution in [3.8, 4) is 0 Å². The van der Waals surface area contributed by atoms with Crippen molar-refractivity contribution < 1.29 is 34.1 Å². The molecule has 0 spiro atoms. The monoisotopic (exact) mass is 715 g/mol. The first-order valence-corrected chi connectivity index (χ1v) is 11.0. The molecular formula is C16H16I3NO7. The lowest BCUT2D eigenvalue weighted by molar-refractivity contribution is -0.204. The summed E-state index contributed by atoms with van der Waals surface area (Å²) in [5.74, 6) is -2.62. The number of amides is 1. The van der Waals surface area contributed by atoms with Crippen molar-refractivity contribution in [1.82, 2.24) is 0 Å². The molecule has 2 rings (SSSR count). The Balaban J connectivity index is 2.34. The smallest absolute Gasteiger partial charge is 0.337 e. The normalized spacial score (nSPS) is 19.8. The molecule has 8 nitrogen and oxygen atoms in total. The minimum absolute atomic E-state index is 0.101. The van der Waals surface area contributed by atoms with Crippen LogP contribution in [0.5, 0.6) is 0 Å². The van der Waals surface area contributed by atoms with Crippen molar-refractivity contribution >= 4 is 91.3 Å². The number of carboxylic acids is 2. The second kappa shape index (κ2) is 9.49. The largest absolute Gasteiger partial charge is 0.478 e. The van der Waals surface area contributed by atoms with Gasteiger partial charge in [-0.1, -0.05) is 13.8 Å². The lowest BCUT2D eigenvalue weighted by atomic mass is 9.97. The Morgan fingerprint density at radius 2 is 1.41 bits per heavy atom. The number of halogens is 3. The fourth-order valence-electron chi connectivity index (χ4n) is 2.39. The molecule has 0 aromatic heterocycles. The number of carbonyl (C=O) groups is 3. The predicted octanol–water partition coefficient (Wildman–Crippen LogP) is 3.48. The molecule has 0 radical (unpaired) electrons. The number of anilines is 1. The van der Waals surface area contributed by atoms with E-state index in [-0.39, 0.29) is 33.4 Å². The number of aromatic carboxylic acids is 2. The van der Waals surface area contributed by atoms with E-state index in [1.165, 1.54) is 0 Å². The number of carbonyl (C=O) groups excluding carboxylic acids is 1. The Bertz CT molecular complexity index is 748. The van der Waals surface area contributed by atoms with E-state index in [1.807, 2.05) is 13.8 Å². The third-order valence-electron chi connectivity index (χ3n) is 4.07.